The van der Waals surface area contributed by atoms with E-state index in [4.69, 9.17) is 4.43 Å². The third kappa shape index (κ3) is 3.42. The molecule has 0 radical (unpaired) electrons. The standard InChI is InChI=1S/C25H40O3Si/c1-23(2,3)15-25-16(13-17(26)14-22(25)28-29(5)6)7-8-18-19-9-10-21(27)24(19,4)12-11-20(18)25/h13,18-20,22,29H,7-12,14-15H2,1-6H3/t18-,19-,20-,22?,24-,25-/m0/s1. The molecule has 4 aliphatic carbocycles. The van der Waals surface area contributed by atoms with Gasteiger partial charge in [-0.1, -0.05) is 33.3 Å². The average molecular weight is 417 g/mol. The molecular formula is C25H40O3Si. The maximum Gasteiger partial charge on any atom is 0.171 e. The molecule has 1 unspecified atom stereocenters. The summed E-state index contributed by atoms with van der Waals surface area (Å²) >= 11 is 0. The van der Waals surface area contributed by atoms with Crippen molar-refractivity contribution in [1.82, 2.24) is 0 Å². The van der Waals surface area contributed by atoms with E-state index in [2.05, 4.69) is 40.8 Å². The molecule has 4 aliphatic rings. The number of carbonyl (C=O) groups excluding carboxylic acids is 2. The smallest absolute Gasteiger partial charge is 0.171 e. The normalized spacial score (nSPS) is 42.4. The van der Waals surface area contributed by atoms with E-state index in [1.807, 2.05) is 6.08 Å². The van der Waals surface area contributed by atoms with Crippen molar-refractivity contribution in [3.63, 3.8) is 0 Å². The molecule has 4 rings (SSSR count). The minimum Gasteiger partial charge on any atom is -0.416 e. The van der Waals surface area contributed by atoms with Crippen LogP contribution in [0.25, 0.3) is 0 Å². The lowest BCUT2D eigenvalue weighted by Gasteiger charge is -2.61. The van der Waals surface area contributed by atoms with Crippen LogP contribution in [-0.4, -0.2) is 26.7 Å². The van der Waals surface area contributed by atoms with Crippen molar-refractivity contribution in [3.8, 4) is 0 Å². The Morgan fingerprint density at radius 1 is 1.10 bits per heavy atom. The van der Waals surface area contributed by atoms with Gasteiger partial charge in [0.15, 0.2) is 14.8 Å². The van der Waals surface area contributed by atoms with Crippen molar-refractivity contribution < 1.29 is 14.0 Å². The SMILES string of the molecule is C[SiH](C)OC1CC(=O)C=C2CC[C@H]3[C@@H]4CCC(=O)[C@@]4(C)CC[C@@H]3[C@]21CC(C)(C)C. The fourth-order valence-electron chi connectivity index (χ4n) is 7.90. The topological polar surface area (TPSA) is 43.4 Å². The van der Waals surface area contributed by atoms with Crippen LogP contribution in [0, 0.1) is 34.0 Å². The Morgan fingerprint density at radius 3 is 2.48 bits per heavy atom. The lowest BCUT2D eigenvalue weighted by molar-refractivity contribution is -0.140. The van der Waals surface area contributed by atoms with E-state index in [0.29, 0.717) is 30.0 Å². The maximum absolute atomic E-state index is 12.8. The van der Waals surface area contributed by atoms with Crippen LogP contribution in [-0.2, 0) is 14.0 Å². The highest BCUT2D eigenvalue weighted by atomic mass is 28.3. The van der Waals surface area contributed by atoms with E-state index in [9.17, 15) is 9.59 Å². The zero-order valence-corrected chi connectivity index (χ0v) is 20.5. The first kappa shape index (κ1) is 21.5. The van der Waals surface area contributed by atoms with Gasteiger partial charge in [0, 0.05) is 23.7 Å². The Hall–Kier alpha value is -0.743. The number of ketones is 2. The van der Waals surface area contributed by atoms with Gasteiger partial charge in [-0.25, -0.2) is 0 Å². The zero-order chi connectivity index (χ0) is 21.2. The van der Waals surface area contributed by atoms with Gasteiger partial charge >= 0.3 is 0 Å². The first-order valence-electron chi connectivity index (χ1n) is 11.9. The predicted molar refractivity (Wildman–Crippen MR) is 119 cm³/mol. The number of hydrogen-bond acceptors (Lipinski definition) is 3. The molecular weight excluding hydrogens is 376 g/mol. The van der Waals surface area contributed by atoms with Gasteiger partial charge in [0.25, 0.3) is 0 Å². The van der Waals surface area contributed by atoms with Crippen LogP contribution in [0.4, 0.5) is 0 Å². The van der Waals surface area contributed by atoms with Crippen molar-refractivity contribution in [2.45, 2.75) is 98.3 Å². The summed E-state index contributed by atoms with van der Waals surface area (Å²) in [5, 5.41) is 0. The van der Waals surface area contributed by atoms with Crippen LogP contribution in [0.3, 0.4) is 0 Å². The fraction of sp³-hybridized carbons (Fsp3) is 0.840. The minimum absolute atomic E-state index is 0.0146. The lowest BCUT2D eigenvalue weighted by Crippen LogP contribution is -2.58. The van der Waals surface area contributed by atoms with Gasteiger partial charge in [-0.3, -0.25) is 9.59 Å². The third-order valence-electron chi connectivity index (χ3n) is 8.71. The first-order valence-corrected chi connectivity index (χ1v) is 14.7. The summed E-state index contributed by atoms with van der Waals surface area (Å²) in [5.74, 6) is 2.46. The second-order valence-corrected chi connectivity index (χ2v) is 14.5. The lowest BCUT2D eigenvalue weighted by atomic mass is 9.44. The number of rotatable bonds is 3. The first-order chi connectivity index (χ1) is 13.5. The Kier molecular flexibility index (Phi) is 5.30. The van der Waals surface area contributed by atoms with Crippen molar-refractivity contribution in [2.75, 3.05) is 0 Å². The molecule has 162 valence electrons. The zero-order valence-electron chi connectivity index (χ0n) is 19.3. The van der Waals surface area contributed by atoms with Crippen molar-refractivity contribution >= 4 is 20.6 Å². The molecule has 0 aromatic carbocycles. The monoisotopic (exact) mass is 416 g/mol. The Bertz CT molecular complexity index is 733. The van der Waals surface area contributed by atoms with E-state index >= 15 is 0 Å². The van der Waals surface area contributed by atoms with Crippen molar-refractivity contribution in [3.05, 3.63) is 11.6 Å². The van der Waals surface area contributed by atoms with E-state index in [-0.39, 0.29) is 28.1 Å². The summed E-state index contributed by atoms with van der Waals surface area (Å²) in [4.78, 5) is 25.4. The van der Waals surface area contributed by atoms with Crippen LogP contribution < -0.4 is 0 Å². The summed E-state index contributed by atoms with van der Waals surface area (Å²) < 4.78 is 6.70. The van der Waals surface area contributed by atoms with Gasteiger partial charge in [-0.15, -0.1) is 0 Å². The predicted octanol–water partition coefficient (Wildman–Crippen LogP) is 5.48. The highest BCUT2D eigenvalue weighted by Gasteiger charge is 2.63. The molecule has 4 heteroatoms. The Labute approximate surface area is 178 Å². The molecule has 0 N–H and O–H groups in total. The molecule has 3 fully saturated rings. The van der Waals surface area contributed by atoms with Gasteiger partial charge in [0.05, 0.1) is 6.10 Å². The molecule has 3 nitrogen and oxygen atoms in total. The molecule has 0 aliphatic heterocycles. The third-order valence-corrected chi connectivity index (χ3v) is 9.58. The number of fused-ring (bicyclic) bond motifs is 5. The molecule has 3 saturated carbocycles. The van der Waals surface area contributed by atoms with Gasteiger partial charge < -0.3 is 4.43 Å². The molecule has 6 atom stereocenters. The summed E-state index contributed by atoms with van der Waals surface area (Å²) in [7, 11) is -1.28. The summed E-state index contributed by atoms with van der Waals surface area (Å²) in [5.41, 5.74) is 1.45. The van der Waals surface area contributed by atoms with Crippen LogP contribution >= 0.6 is 0 Å². The van der Waals surface area contributed by atoms with Crippen molar-refractivity contribution in [1.29, 1.82) is 0 Å². The molecule has 0 spiro atoms. The highest BCUT2D eigenvalue weighted by molar-refractivity contribution is 6.48. The number of carbonyl (C=O) groups is 2. The van der Waals surface area contributed by atoms with E-state index in [0.717, 1.165) is 44.9 Å². The second-order valence-electron chi connectivity index (χ2n) is 12.1. The van der Waals surface area contributed by atoms with Crippen LogP contribution in [0.5, 0.6) is 0 Å². The summed E-state index contributed by atoms with van der Waals surface area (Å²) in [6, 6.07) is 0. The van der Waals surface area contributed by atoms with Crippen LogP contribution in [0.1, 0.15) is 79.1 Å². The van der Waals surface area contributed by atoms with Crippen molar-refractivity contribution in [2.24, 2.45) is 34.0 Å². The van der Waals surface area contributed by atoms with E-state index in [1.54, 1.807) is 0 Å². The molecule has 0 aromatic heterocycles. The van der Waals surface area contributed by atoms with Gasteiger partial charge in [-0.2, -0.15) is 0 Å². The minimum atomic E-state index is -1.28. The molecule has 0 saturated heterocycles. The molecule has 0 aromatic rings. The molecule has 29 heavy (non-hydrogen) atoms. The van der Waals surface area contributed by atoms with Crippen LogP contribution in [0.15, 0.2) is 11.6 Å². The largest absolute Gasteiger partial charge is 0.416 e. The van der Waals surface area contributed by atoms with Gasteiger partial charge in [-0.05, 0) is 80.9 Å². The molecule has 0 amide bonds. The number of hydrogen-bond donors (Lipinski definition) is 0. The maximum atomic E-state index is 12.8. The van der Waals surface area contributed by atoms with E-state index < -0.39 is 9.04 Å². The highest BCUT2D eigenvalue weighted by Crippen LogP contribution is 2.67. The number of Topliss-reactive ketones (excluding diaryl/α,β-unsaturated/α-hetero) is 1. The van der Waals surface area contributed by atoms with Gasteiger partial charge in [0.1, 0.15) is 5.78 Å². The second kappa shape index (κ2) is 7.15. The Balaban J connectivity index is 1.81. The average Bonchev–Trinajstić information content (AvgIpc) is 2.89. The quantitative estimate of drug-likeness (QED) is 0.572. The molecule has 0 heterocycles. The van der Waals surface area contributed by atoms with Crippen LogP contribution in [0.2, 0.25) is 13.1 Å². The Morgan fingerprint density at radius 2 is 1.83 bits per heavy atom. The van der Waals surface area contributed by atoms with Gasteiger partial charge in [0.2, 0.25) is 0 Å². The summed E-state index contributed by atoms with van der Waals surface area (Å²) in [6.07, 6.45) is 9.84. The summed E-state index contributed by atoms with van der Waals surface area (Å²) in [6.45, 7) is 13.8. The van der Waals surface area contributed by atoms with E-state index in [1.165, 1.54) is 5.57 Å². The fourth-order valence-corrected chi connectivity index (χ4v) is 8.89. The molecule has 0 bridgehead atoms.